The maximum atomic E-state index is 11.0. The SMILES string of the molecule is NNc1ccc(S(N)(=O)=O)c(CO)c1. The van der Waals surface area contributed by atoms with E-state index in [1.807, 2.05) is 0 Å². The minimum Gasteiger partial charge on any atom is -0.392 e. The van der Waals surface area contributed by atoms with Crippen molar-refractivity contribution >= 4 is 15.7 Å². The topological polar surface area (TPSA) is 118 Å². The van der Waals surface area contributed by atoms with Gasteiger partial charge < -0.3 is 10.5 Å². The third-order valence-corrected chi connectivity index (χ3v) is 2.72. The van der Waals surface area contributed by atoms with Crippen molar-refractivity contribution < 1.29 is 13.5 Å². The zero-order valence-electron chi connectivity index (χ0n) is 7.27. The van der Waals surface area contributed by atoms with Crippen molar-refractivity contribution in [3.8, 4) is 0 Å². The number of nitrogen functional groups attached to an aromatic ring is 1. The largest absolute Gasteiger partial charge is 0.392 e. The number of sulfonamides is 1. The Morgan fingerprint density at radius 3 is 2.50 bits per heavy atom. The van der Waals surface area contributed by atoms with Crippen LogP contribution in [0.4, 0.5) is 5.69 Å². The van der Waals surface area contributed by atoms with E-state index < -0.39 is 16.6 Å². The molecule has 0 amide bonds. The van der Waals surface area contributed by atoms with Crippen LogP contribution in [0.15, 0.2) is 23.1 Å². The van der Waals surface area contributed by atoms with Crippen molar-refractivity contribution in [3.05, 3.63) is 23.8 Å². The molecule has 0 saturated carbocycles. The van der Waals surface area contributed by atoms with Gasteiger partial charge in [-0.2, -0.15) is 0 Å². The fourth-order valence-corrected chi connectivity index (χ4v) is 1.82. The van der Waals surface area contributed by atoms with Crippen LogP contribution in [0, 0.1) is 0 Å². The monoisotopic (exact) mass is 217 g/mol. The van der Waals surface area contributed by atoms with Gasteiger partial charge in [-0.3, -0.25) is 5.84 Å². The molecular formula is C7H11N3O3S. The average molecular weight is 217 g/mol. The van der Waals surface area contributed by atoms with Gasteiger partial charge in [-0.1, -0.05) is 0 Å². The van der Waals surface area contributed by atoms with E-state index in [1.54, 1.807) is 0 Å². The highest BCUT2D eigenvalue weighted by Gasteiger charge is 2.13. The fraction of sp³-hybridized carbons (Fsp3) is 0.143. The number of rotatable bonds is 3. The Hall–Kier alpha value is -1.15. The van der Waals surface area contributed by atoms with E-state index in [0.29, 0.717) is 5.69 Å². The molecular weight excluding hydrogens is 206 g/mol. The highest BCUT2D eigenvalue weighted by Crippen LogP contribution is 2.18. The Kier molecular flexibility index (Phi) is 3.06. The number of hydrogen-bond acceptors (Lipinski definition) is 5. The minimum atomic E-state index is -3.80. The van der Waals surface area contributed by atoms with E-state index in [2.05, 4.69) is 5.43 Å². The molecule has 1 aromatic carbocycles. The molecule has 0 fully saturated rings. The number of hydrogen-bond donors (Lipinski definition) is 4. The normalized spacial score (nSPS) is 11.4. The van der Waals surface area contributed by atoms with Crippen molar-refractivity contribution in [2.45, 2.75) is 11.5 Å². The van der Waals surface area contributed by atoms with Crippen LogP contribution in [0.25, 0.3) is 0 Å². The van der Waals surface area contributed by atoms with Gasteiger partial charge in [-0.25, -0.2) is 13.6 Å². The van der Waals surface area contributed by atoms with Crippen LogP contribution < -0.4 is 16.4 Å². The predicted molar refractivity (Wildman–Crippen MR) is 51.5 cm³/mol. The highest BCUT2D eigenvalue weighted by atomic mass is 32.2. The molecule has 1 rings (SSSR count). The van der Waals surface area contributed by atoms with Crippen LogP contribution in [0.3, 0.4) is 0 Å². The maximum Gasteiger partial charge on any atom is 0.238 e. The van der Waals surface area contributed by atoms with Gasteiger partial charge in [0.2, 0.25) is 10.0 Å². The van der Waals surface area contributed by atoms with Crippen LogP contribution in [0.2, 0.25) is 0 Å². The number of primary sulfonamides is 1. The lowest BCUT2D eigenvalue weighted by Crippen LogP contribution is -2.15. The summed E-state index contributed by atoms with van der Waals surface area (Å²) in [5.41, 5.74) is 3.05. The van der Waals surface area contributed by atoms with E-state index in [1.165, 1.54) is 18.2 Å². The first-order chi connectivity index (χ1) is 6.49. The minimum absolute atomic E-state index is 0.0981. The molecule has 0 unspecified atom stereocenters. The number of nitrogens with one attached hydrogen (secondary N) is 1. The third-order valence-electron chi connectivity index (χ3n) is 1.70. The molecule has 14 heavy (non-hydrogen) atoms. The molecule has 6 nitrogen and oxygen atoms in total. The quantitative estimate of drug-likeness (QED) is 0.387. The summed E-state index contributed by atoms with van der Waals surface area (Å²) in [6.07, 6.45) is 0. The average Bonchev–Trinajstić information content (AvgIpc) is 2.15. The van der Waals surface area contributed by atoms with Gasteiger partial charge in [0.05, 0.1) is 11.5 Å². The highest BCUT2D eigenvalue weighted by molar-refractivity contribution is 7.89. The molecule has 0 saturated heterocycles. The second-order valence-electron chi connectivity index (χ2n) is 2.67. The lowest BCUT2D eigenvalue weighted by molar-refractivity contribution is 0.278. The first-order valence-corrected chi connectivity index (χ1v) is 5.27. The van der Waals surface area contributed by atoms with Crippen molar-refractivity contribution in [2.75, 3.05) is 5.43 Å². The van der Waals surface area contributed by atoms with Crippen LogP contribution in [-0.2, 0) is 16.6 Å². The number of anilines is 1. The van der Waals surface area contributed by atoms with E-state index in [-0.39, 0.29) is 10.5 Å². The molecule has 0 atom stereocenters. The molecule has 0 aliphatic rings. The molecule has 0 aliphatic carbocycles. The molecule has 0 aliphatic heterocycles. The van der Waals surface area contributed by atoms with Gasteiger partial charge in [0.25, 0.3) is 0 Å². The molecule has 0 spiro atoms. The summed E-state index contributed by atoms with van der Waals surface area (Å²) in [4.78, 5) is -0.0981. The van der Waals surface area contributed by atoms with Crippen molar-refractivity contribution in [1.29, 1.82) is 0 Å². The fourth-order valence-electron chi connectivity index (χ4n) is 1.07. The van der Waals surface area contributed by atoms with E-state index in [9.17, 15) is 8.42 Å². The Morgan fingerprint density at radius 1 is 1.43 bits per heavy atom. The number of benzene rings is 1. The summed E-state index contributed by atoms with van der Waals surface area (Å²) in [7, 11) is -3.80. The first-order valence-electron chi connectivity index (χ1n) is 3.72. The number of nitrogens with two attached hydrogens (primary N) is 2. The molecule has 7 heteroatoms. The van der Waals surface area contributed by atoms with Crippen molar-refractivity contribution in [1.82, 2.24) is 0 Å². The number of aliphatic hydroxyl groups is 1. The van der Waals surface area contributed by atoms with E-state index in [4.69, 9.17) is 16.1 Å². The summed E-state index contributed by atoms with van der Waals surface area (Å²) < 4.78 is 22.1. The molecule has 6 N–H and O–H groups in total. The molecule has 0 radical (unpaired) electrons. The smallest absolute Gasteiger partial charge is 0.238 e. The van der Waals surface area contributed by atoms with Gasteiger partial charge in [0.15, 0.2) is 0 Å². The molecule has 1 aromatic rings. The van der Waals surface area contributed by atoms with Gasteiger partial charge in [-0.05, 0) is 23.8 Å². The second-order valence-corrected chi connectivity index (χ2v) is 4.20. The zero-order valence-corrected chi connectivity index (χ0v) is 8.08. The number of hydrazine groups is 1. The Bertz CT molecular complexity index is 430. The summed E-state index contributed by atoms with van der Waals surface area (Å²) in [6, 6.07) is 4.16. The molecule has 78 valence electrons. The Labute approximate surface area is 81.6 Å². The molecule has 0 bridgehead atoms. The summed E-state index contributed by atoms with van der Waals surface area (Å²) in [5, 5.41) is 13.8. The second kappa shape index (κ2) is 3.93. The summed E-state index contributed by atoms with van der Waals surface area (Å²) in [6.45, 7) is -0.415. The van der Waals surface area contributed by atoms with Crippen LogP contribution in [-0.4, -0.2) is 13.5 Å². The van der Waals surface area contributed by atoms with Crippen LogP contribution in [0.1, 0.15) is 5.56 Å². The van der Waals surface area contributed by atoms with E-state index in [0.717, 1.165) is 0 Å². The Balaban J connectivity index is 3.33. The maximum absolute atomic E-state index is 11.0. The summed E-state index contributed by atoms with van der Waals surface area (Å²) in [5.74, 6) is 5.12. The van der Waals surface area contributed by atoms with E-state index >= 15 is 0 Å². The third kappa shape index (κ3) is 2.20. The lowest BCUT2D eigenvalue weighted by atomic mass is 10.2. The standard InChI is InChI=1S/C7H11N3O3S/c8-10-6-1-2-7(14(9,12)13)5(3-6)4-11/h1-3,10-11H,4,8H2,(H2,9,12,13). The summed E-state index contributed by atoms with van der Waals surface area (Å²) >= 11 is 0. The van der Waals surface area contributed by atoms with Crippen molar-refractivity contribution in [2.24, 2.45) is 11.0 Å². The van der Waals surface area contributed by atoms with Crippen LogP contribution in [0.5, 0.6) is 0 Å². The molecule has 0 aromatic heterocycles. The van der Waals surface area contributed by atoms with Gasteiger partial charge in [0, 0.05) is 5.69 Å². The molecule has 0 heterocycles. The predicted octanol–water partition coefficient (Wildman–Crippen LogP) is -0.888. The van der Waals surface area contributed by atoms with Crippen LogP contribution >= 0.6 is 0 Å². The van der Waals surface area contributed by atoms with Crippen molar-refractivity contribution in [3.63, 3.8) is 0 Å². The number of aliphatic hydroxyl groups excluding tert-OH is 1. The van der Waals surface area contributed by atoms with Gasteiger partial charge in [0.1, 0.15) is 0 Å². The Morgan fingerprint density at radius 2 is 2.07 bits per heavy atom. The van der Waals surface area contributed by atoms with Gasteiger partial charge in [-0.15, -0.1) is 0 Å². The zero-order chi connectivity index (χ0) is 10.8. The lowest BCUT2D eigenvalue weighted by Gasteiger charge is -2.07. The van der Waals surface area contributed by atoms with Gasteiger partial charge >= 0.3 is 0 Å². The first kappa shape index (κ1) is 10.9.